The van der Waals surface area contributed by atoms with Gasteiger partial charge in [0.25, 0.3) is 0 Å². The lowest BCUT2D eigenvalue weighted by molar-refractivity contribution is -0.134. The molecule has 0 aliphatic carbocycles. The van der Waals surface area contributed by atoms with Gasteiger partial charge in [0.05, 0.1) is 7.11 Å². The third kappa shape index (κ3) is 18.1. The monoisotopic (exact) mass is 544 g/mol. The van der Waals surface area contributed by atoms with E-state index in [1.807, 2.05) is 78.9 Å². The number of benzene rings is 4. The van der Waals surface area contributed by atoms with Crippen molar-refractivity contribution in [1.82, 2.24) is 0 Å². The van der Waals surface area contributed by atoms with Crippen molar-refractivity contribution in [3.63, 3.8) is 0 Å². The topological polar surface area (TPSA) is 26.3 Å². The Kier molecular flexibility index (Phi) is 20.2. The van der Waals surface area contributed by atoms with E-state index >= 15 is 0 Å². The lowest BCUT2D eigenvalue weighted by atomic mass is 10.1. The summed E-state index contributed by atoms with van der Waals surface area (Å²) in [5, 5.41) is 0. The van der Waals surface area contributed by atoms with E-state index in [9.17, 15) is 4.79 Å². The van der Waals surface area contributed by atoms with Crippen molar-refractivity contribution in [2.24, 2.45) is 0 Å². The number of aryl methyl sites for hydroxylation is 3. The fourth-order valence-electron chi connectivity index (χ4n) is 2.99. The molecule has 0 heterocycles. The van der Waals surface area contributed by atoms with Crippen LogP contribution in [0.5, 0.6) is 0 Å². The van der Waals surface area contributed by atoms with E-state index in [2.05, 4.69) is 107 Å². The fourth-order valence-corrected chi connectivity index (χ4v) is 2.99. The summed E-state index contributed by atoms with van der Waals surface area (Å²) in [4.78, 5) is 9.84. The van der Waals surface area contributed by atoms with Crippen LogP contribution in [-0.2, 0) is 9.53 Å². The van der Waals surface area contributed by atoms with Crippen LogP contribution in [0.3, 0.4) is 0 Å². The van der Waals surface area contributed by atoms with Gasteiger partial charge in [-0.3, -0.25) is 0 Å². The molecule has 0 saturated heterocycles. The molecule has 2 nitrogen and oxygen atoms in total. The van der Waals surface area contributed by atoms with Crippen LogP contribution >= 0.6 is 0 Å². The Bertz CT molecular complexity index is 1330. The first-order valence-corrected chi connectivity index (χ1v) is 13.2. The van der Waals surface area contributed by atoms with Crippen molar-refractivity contribution in [3.8, 4) is 0 Å². The zero-order valence-electron chi connectivity index (χ0n) is 25.1. The molecule has 4 rings (SSSR count). The zero-order valence-corrected chi connectivity index (χ0v) is 25.1. The first-order valence-electron chi connectivity index (χ1n) is 13.2. The minimum absolute atomic E-state index is 0.394. The molecule has 212 valence electrons. The maximum Gasteiger partial charge on any atom is 0.329 e. The quantitative estimate of drug-likeness (QED) is 0.184. The number of hydrogen-bond acceptors (Lipinski definition) is 2. The second-order valence-corrected chi connectivity index (χ2v) is 8.64. The van der Waals surface area contributed by atoms with Gasteiger partial charge in [-0.15, -0.1) is 0 Å². The van der Waals surface area contributed by atoms with Gasteiger partial charge in [0.2, 0.25) is 0 Å². The summed E-state index contributed by atoms with van der Waals surface area (Å²) in [5.41, 5.74) is 8.63. The molecule has 0 aliphatic rings. The molecule has 41 heavy (non-hydrogen) atoms. The highest BCUT2D eigenvalue weighted by Gasteiger charge is 1.87. The van der Waals surface area contributed by atoms with Gasteiger partial charge in [-0.2, -0.15) is 0 Å². The number of carbonyl (C=O) groups is 1. The summed E-state index contributed by atoms with van der Waals surface area (Å²) in [7, 11) is 1.31. The number of carbonyl (C=O) groups excluding carboxylic acids is 1. The standard InChI is InChI=1S/3C9H10.C8H8.C4H6O2/c1-3-9-6-4-8(2)5-7-9;1-3-9-6-4-5-8(2)7-9;1-3-9-7-5-4-6-8(9)2;1-2-8-6-4-3-5-7-8;1-3-4(5)6-2/h3*3-7H,1H2,2H3;2-7H,1H2;3H,1H2,2H3. The molecule has 0 atom stereocenters. The highest BCUT2D eigenvalue weighted by Crippen LogP contribution is 2.07. The fraction of sp³-hybridized carbons (Fsp3) is 0.103. The van der Waals surface area contributed by atoms with Crippen LogP contribution in [0.4, 0.5) is 0 Å². The van der Waals surface area contributed by atoms with Gasteiger partial charge in [0, 0.05) is 6.08 Å². The summed E-state index contributed by atoms with van der Waals surface area (Å²) < 4.78 is 4.14. The molecule has 2 heteroatoms. The van der Waals surface area contributed by atoms with Crippen molar-refractivity contribution in [2.75, 3.05) is 7.11 Å². The van der Waals surface area contributed by atoms with E-state index in [4.69, 9.17) is 0 Å². The van der Waals surface area contributed by atoms with Gasteiger partial charge in [0.1, 0.15) is 0 Å². The van der Waals surface area contributed by atoms with E-state index in [0.717, 1.165) is 6.08 Å². The molecule has 0 fully saturated rings. The second-order valence-electron chi connectivity index (χ2n) is 8.64. The first-order chi connectivity index (χ1) is 19.7. The second kappa shape index (κ2) is 23.0. The molecule has 0 radical (unpaired) electrons. The van der Waals surface area contributed by atoms with Crippen LogP contribution in [-0.4, -0.2) is 13.1 Å². The molecule has 0 spiro atoms. The number of rotatable bonds is 5. The first kappa shape index (κ1) is 36.1. The summed E-state index contributed by atoms with van der Waals surface area (Å²) >= 11 is 0. The van der Waals surface area contributed by atoms with Crippen molar-refractivity contribution in [3.05, 3.63) is 181 Å². The predicted octanol–water partition coefficient (Wildman–Crippen LogP) is 10.6. The van der Waals surface area contributed by atoms with Gasteiger partial charge in [-0.05, 0) is 48.6 Å². The Morgan fingerprint density at radius 3 is 1.44 bits per heavy atom. The highest BCUT2D eigenvalue weighted by molar-refractivity contribution is 5.80. The third-order valence-electron chi connectivity index (χ3n) is 5.40. The van der Waals surface area contributed by atoms with Crippen LogP contribution in [0.15, 0.2) is 142 Å². The summed E-state index contributed by atoms with van der Waals surface area (Å²) in [6, 6.07) is 34.7. The zero-order chi connectivity index (χ0) is 30.9. The molecule has 0 unspecified atom stereocenters. The lowest BCUT2D eigenvalue weighted by Gasteiger charge is -1.95. The molecule has 0 bridgehead atoms. The highest BCUT2D eigenvalue weighted by atomic mass is 16.5. The van der Waals surface area contributed by atoms with Gasteiger partial charge < -0.3 is 4.74 Å². The van der Waals surface area contributed by atoms with Gasteiger partial charge >= 0.3 is 5.97 Å². The number of esters is 1. The summed E-state index contributed by atoms with van der Waals surface area (Å²) in [6.07, 6.45) is 8.52. The number of hydrogen-bond donors (Lipinski definition) is 0. The Labute approximate surface area is 248 Å². The summed E-state index contributed by atoms with van der Waals surface area (Å²) in [6.45, 7) is 24.0. The molecule has 0 N–H and O–H groups in total. The average Bonchev–Trinajstić information content (AvgIpc) is 3.03. The van der Waals surface area contributed by atoms with Crippen molar-refractivity contribution in [2.45, 2.75) is 20.8 Å². The molecular weight excluding hydrogens is 500 g/mol. The van der Waals surface area contributed by atoms with Crippen molar-refractivity contribution >= 4 is 30.3 Å². The largest absolute Gasteiger partial charge is 0.466 e. The maximum absolute atomic E-state index is 9.84. The van der Waals surface area contributed by atoms with Gasteiger partial charge in [0.15, 0.2) is 0 Å². The average molecular weight is 545 g/mol. The van der Waals surface area contributed by atoms with Crippen molar-refractivity contribution in [1.29, 1.82) is 0 Å². The maximum atomic E-state index is 9.84. The van der Waals surface area contributed by atoms with E-state index in [1.165, 1.54) is 46.1 Å². The van der Waals surface area contributed by atoms with Crippen LogP contribution in [0.2, 0.25) is 0 Å². The van der Waals surface area contributed by atoms with Gasteiger partial charge in [-0.25, -0.2) is 4.79 Å². The van der Waals surface area contributed by atoms with E-state index in [0.29, 0.717) is 0 Å². The van der Waals surface area contributed by atoms with E-state index < -0.39 is 5.97 Å². The Morgan fingerprint density at radius 2 is 1.07 bits per heavy atom. The SMILES string of the molecule is C=CC(=O)OC.C=Cc1ccc(C)cc1.C=Cc1cccc(C)c1.C=Cc1ccccc1.C=Cc1ccccc1C. The van der Waals surface area contributed by atoms with E-state index in [-0.39, 0.29) is 0 Å². The Morgan fingerprint density at radius 1 is 0.561 bits per heavy atom. The smallest absolute Gasteiger partial charge is 0.329 e. The minimum atomic E-state index is -0.394. The molecule has 0 aromatic heterocycles. The Balaban J connectivity index is 0.000000492. The van der Waals surface area contributed by atoms with Crippen LogP contribution in [0.1, 0.15) is 38.9 Å². The molecule has 4 aromatic rings. The molecule has 0 amide bonds. The van der Waals surface area contributed by atoms with E-state index in [1.54, 1.807) is 0 Å². The van der Waals surface area contributed by atoms with Crippen LogP contribution < -0.4 is 0 Å². The normalized spacial score (nSPS) is 8.59. The minimum Gasteiger partial charge on any atom is -0.466 e. The lowest BCUT2D eigenvalue weighted by Crippen LogP contribution is -1.91. The molecule has 0 aliphatic heterocycles. The van der Waals surface area contributed by atoms with Crippen molar-refractivity contribution < 1.29 is 9.53 Å². The molecule has 4 aromatic carbocycles. The van der Waals surface area contributed by atoms with Crippen LogP contribution in [0.25, 0.3) is 24.3 Å². The number of methoxy groups -OCH3 is 1. The van der Waals surface area contributed by atoms with Crippen LogP contribution in [0, 0.1) is 20.8 Å². The van der Waals surface area contributed by atoms with Gasteiger partial charge in [-0.1, -0.05) is 171 Å². The summed E-state index contributed by atoms with van der Waals surface area (Å²) in [5.74, 6) is -0.394. The predicted molar refractivity (Wildman–Crippen MR) is 183 cm³/mol. The number of ether oxygens (including phenoxy) is 1. The molecular formula is C39H44O2. The Hall–Kier alpha value is -4.95. The molecule has 0 saturated carbocycles. The third-order valence-corrected chi connectivity index (χ3v) is 5.40.